The average Bonchev–Trinajstić information content (AvgIpc) is 2.37. The van der Waals surface area contributed by atoms with Crippen LogP contribution in [0.5, 0.6) is 0 Å². The van der Waals surface area contributed by atoms with E-state index in [1.54, 1.807) is 19.1 Å². The van der Waals surface area contributed by atoms with Gasteiger partial charge in [-0.1, -0.05) is 18.2 Å². The molecule has 0 amide bonds. The molecular weight excluding hydrogens is 230 g/mol. The molecule has 1 aromatic carbocycles. The smallest absolute Gasteiger partial charge is 0.435 e. The summed E-state index contributed by atoms with van der Waals surface area (Å²) < 4.78 is 9.53. The van der Waals surface area contributed by atoms with Crippen LogP contribution in [0.1, 0.15) is 25.0 Å². The number of carbonyl (C=O) groups excluding carboxylic acids is 1. The molecular formula is C14H15NO3. The predicted molar refractivity (Wildman–Crippen MR) is 67.8 cm³/mol. The number of ether oxygens (including phenoxy) is 2. The molecule has 0 aliphatic rings. The molecule has 0 aliphatic carbocycles. The Hall–Kier alpha value is -2.28. The zero-order valence-corrected chi connectivity index (χ0v) is 10.5. The van der Waals surface area contributed by atoms with E-state index in [1.165, 1.54) is 0 Å². The topological polar surface area (TPSA) is 59.3 Å². The summed E-state index contributed by atoms with van der Waals surface area (Å²) in [5.74, 6) is 0. The molecule has 0 saturated carbocycles. The molecule has 0 radical (unpaired) electrons. The van der Waals surface area contributed by atoms with Crippen LogP contribution in [0.2, 0.25) is 0 Å². The molecule has 0 N–H and O–H groups in total. The first-order chi connectivity index (χ1) is 8.65. The Bertz CT molecular complexity index is 486. The van der Waals surface area contributed by atoms with Gasteiger partial charge in [-0.2, -0.15) is 5.26 Å². The molecule has 0 bridgehead atoms. The van der Waals surface area contributed by atoms with Gasteiger partial charge in [0.2, 0.25) is 0 Å². The quantitative estimate of drug-likeness (QED) is 0.764. The van der Waals surface area contributed by atoms with Crippen molar-refractivity contribution >= 4 is 12.2 Å². The van der Waals surface area contributed by atoms with E-state index in [4.69, 9.17) is 10.00 Å². The van der Waals surface area contributed by atoms with Crippen molar-refractivity contribution in [3.63, 3.8) is 0 Å². The summed E-state index contributed by atoms with van der Waals surface area (Å²) in [5.41, 5.74) is 2.38. The minimum Gasteiger partial charge on any atom is -0.435 e. The standard InChI is InChI=1S/C14H15NO3/c1-3-17-14(16)18-10-11(2)7-12-5-4-6-13(8-12)9-15/h4-8H,3,10H2,1-2H3/b11-7+. The van der Waals surface area contributed by atoms with Gasteiger partial charge in [-0.3, -0.25) is 0 Å². The Morgan fingerprint density at radius 1 is 1.44 bits per heavy atom. The Labute approximate surface area is 106 Å². The number of nitrogens with zero attached hydrogens (tertiary/aromatic N) is 1. The van der Waals surface area contributed by atoms with E-state index in [0.717, 1.165) is 11.1 Å². The molecule has 0 unspecified atom stereocenters. The van der Waals surface area contributed by atoms with Crippen molar-refractivity contribution in [1.82, 2.24) is 0 Å². The maximum absolute atomic E-state index is 11.0. The number of carbonyl (C=O) groups is 1. The van der Waals surface area contributed by atoms with Gasteiger partial charge in [0.25, 0.3) is 0 Å². The fraction of sp³-hybridized carbons (Fsp3) is 0.286. The van der Waals surface area contributed by atoms with E-state index < -0.39 is 6.16 Å². The monoisotopic (exact) mass is 245 g/mol. The lowest BCUT2D eigenvalue weighted by atomic mass is 10.1. The summed E-state index contributed by atoms with van der Waals surface area (Å²) in [6.07, 6.45) is 1.19. The van der Waals surface area contributed by atoms with Crippen molar-refractivity contribution in [2.45, 2.75) is 13.8 Å². The second kappa shape index (κ2) is 7.13. The van der Waals surface area contributed by atoms with E-state index in [1.807, 2.05) is 25.1 Å². The van der Waals surface area contributed by atoms with Gasteiger partial charge >= 0.3 is 6.16 Å². The molecule has 1 rings (SSSR count). The van der Waals surface area contributed by atoms with E-state index in [0.29, 0.717) is 12.2 Å². The Kier molecular flexibility index (Phi) is 5.46. The van der Waals surface area contributed by atoms with Crippen molar-refractivity contribution in [2.24, 2.45) is 0 Å². The van der Waals surface area contributed by atoms with Crippen LogP contribution < -0.4 is 0 Å². The lowest BCUT2D eigenvalue weighted by molar-refractivity contribution is 0.0657. The summed E-state index contributed by atoms with van der Waals surface area (Å²) in [6.45, 7) is 4.04. The molecule has 0 aromatic heterocycles. The molecule has 18 heavy (non-hydrogen) atoms. The fourth-order valence-corrected chi connectivity index (χ4v) is 1.36. The maximum Gasteiger partial charge on any atom is 0.508 e. The third-order valence-corrected chi connectivity index (χ3v) is 2.11. The SMILES string of the molecule is CCOC(=O)OC/C(C)=C/c1cccc(C#N)c1. The second-order valence-electron chi connectivity index (χ2n) is 3.70. The number of hydrogen-bond acceptors (Lipinski definition) is 4. The van der Waals surface area contributed by atoms with Gasteiger partial charge in [-0.05, 0) is 37.1 Å². The second-order valence-corrected chi connectivity index (χ2v) is 3.70. The zero-order chi connectivity index (χ0) is 13.4. The lowest BCUT2D eigenvalue weighted by Gasteiger charge is -2.04. The first-order valence-electron chi connectivity index (χ1n) is 5.62. The highest BCUT2D eigenvalue weighted by atomic mass is 16.7. The molecule has 0 spiro atoms. The molecule has 0 fully saturated rings. The van der Waals surface area contributed by atoms with Crippen molar-refractivity contribution in [1.29, 1.82) is 5.26 Å². The van der Waals surface area contributed by atoms with Gasteiger partial charge in [-0.15, -0.1) is 0 Å². The third-order valence-electron chi connectivity index (χ3n) is 2.11. The third kappa shape index (κ3) is 4.71. The van der Waals surface area contributed by atoms with Crippen LogP contribution in [0.3, 0.4) is 0 Å². The van der Waals surface area contributed by atoms with Gasteiger partial charge in [0, 0.05) is 0 Å². The summed E-state index contributed by atoms with van der Waals surface area (Å²) in [6, 6.07) is 9.28. The van der Waals surface area contributed by atoms with Crippen LogP contribution in [-0.2, 0) is 9.47 Å². The Morgan fingerprint density at radius 3 is 2.89 bits per heavy atom. The molecule has 0 atom stereocenters. The summed E-state index contributed by atoms with van der Waals surface area (Å²) in [5, 5.41) is 8.77. The van der Waals surface area contributed by atoms with Gasteiger partial charge in [-0.25, -0.2) is 4.79 Å². The van der Waals surface area contributed by atoms with Crippen LogP contribution in [0.15, 0.2) is 29.8 Å². The van der Waals surface area contributed by atoms with E-state index in [-0.39, 0.29) is 6.61 Å². The molecule has 1 aromatic rings. The van der Waals surface area contributed by atoms with Crippen molar-refractivity contribution in [3.8, 4) is 6.07 Å². The van der Waals surface area contributed by atoms with E-state index >= 15 is 0 Å². The molecule has 94 valence electrons. The normalized spacial score (nSPS) is 10.6. The number of hydrogen-bond donors (Lipinski definition) is 0. The molecule has 0 heterocycles. The van der Waals surface area contributed by atoms with Crippen molar-refractivity contribution in [2.75, 3.05) is 13.2 Å². The molecule has 0 saturated heterocycles. The van der Waals surface area contributed by atoms with Crippen LogP contribution >= 0.6 is 0 Å². The number of benzene rings is 1. The van der Waals surface area contributed by atoms with Crippen LogP contribution in [-0.4, -0.2) is 19.4 Å². The van der Waals surface area contributed by atoms with Gasteiger partial charge in [0.1, 0.15) is 6.61 Å². The molecule has 4 heteroatoms. The number of rotatable bonds is 4. The van der Waals surface area contributed by atoms with Crippen LogP contribution in [0.25, 0.3) is 6.08 Å². The van der Waals surface area contributed by atoms with Crippen LogP contribution in [0.4, 0.5) is 4.79 Å². The number of nitriles is 1. The Morgan fingerprint density at radius 2 is 2.22 bits per heavy atom. The van der Waals surface area contributed by atoms with Crippen molar-refractivity contribution in [3.05, 3.63) is 41.0 Å². The lowest BCUT2D eigenvalue weighted by Crippen LogP contribution is -2.08. The van der Waals surface area contributed by atoms with E-state index in [2.05, 4.69) is 10.8 Å². The van der Waals surface area contributed by atoms with Gasteiger partial charge in [0.15, 0.2) is 0 Å². The van der Waals surface area contributed by atoms with Gasteiger partial charge < -0.3 is 9.47 Å². The maximum atomic E-state index is 11.0. The largest absolute Gasteiger partial charge is 0.508 e. The van der Waals surface area contributed by atoms with Crippen molar-refractivity contribution < 1.29 is 14.3 Å². The summed E-state index contributed by atoms with van der Waals surface area (Å²) in [4.78, 5) is 11.0. The Balaban J connectivity index is 2.60. The minimum atomic E-state index is -0.670. The molecule has 0 aliphatic heterocycles. The molecule has 4 nitrogen and oxygen atoms in total. The first-order valence-corrected chi connectivity index (χ1v) is 5.62. The highest BCUT2D eigenvalue weighted by Gasteiger charge is 2.02. The average molecular weight is 245 g/mol. The first kappa shape index (κ1) is 13.8. The highest BCUT2D eigenvalue weighted by Crippen LogP contribution is 2.09. The summed E-state index contributed by atoms with van der Waals surface area (Å²) in [7, 11) is 0. The zero-order valence-electron chi connectivity index (χ0n) is 10.5. The van der Waals surface area contributed by atoms with E-state index in [9.17, 15) is 4.79 Å². The minimum absolute atomic E-state index is 0.176. The predicted octanol–water partition coefficient (Wildman–Crippen LogP) is 3.13. The summed E-state index contributed by atoms with van der Waals surface area (Å²) >= 11 is 0. The highest BCUT2D eigenvalue weighted by molar-refractivity contribution is 5.61. The van der Waals surface area contributed by atoms with Crippen LogP contribution in [0, 0.1) is 11.3 Å². The van der Waals surface area contributed by atoms with Gasteiger partial charge in [0.05, 0.1) is 18.2 Å². The fourth-order valence-electron chi connectivity index (χ4n) is 1.36.